The minimum atomic E-state index is -0.367. The second-order valence-corrected chi connectivity index (χ2v) is 7.54. The fourth-order valence-corrected chi connectivity index (χ4v) is 3.94. The van der Waals surface area contributed by atoms with Gasteiger partial charge < -0.3 is 10.0 Å². The molecule has 6 heteroatoms. The maximum Gasteiger partial charge on any atom is 0.293 e. The molecular weight excluding hydrogens is 324 g/mol. The lowest BCUT2D eigenvalue weighted by molar-refractivity contribution is -0.117. The molecule has 1 saturated heterocycles. The number of aryl methyl sites for hydroxylation is 1. The van der Waals surface area contributed by atoms with Crippen LogP contribution in [0.1, 0.15) is 44.7 Å². The van der Waals surface area contributed by atoms with Crippen LogP contribution in [0.15, 0.2) is 12.1 Å². The highest BCUT2D eigenvalue weighted by Crippen LogP contribution is 2.38. The number of hydrogen-bond acceptors (Lipinski definition) is 5. The van der Waals surface area contributed by atoms with Gasteiger partial charge in [-0.3, -0.25) is 9.59 Å². The second-order valence-electron chi connectivity index (χ2n) is 6.38. The van der Waals surface area contributed by atoms with Crippen molar-refractivity contribution in [3.8, 4) is 5.75 Å². The van der Waals surface area contributed by atoms with Crippen molar-refractivity contribution in [2.24, 2.45) is 0 Å². The van der Waals surface area contributed by atoms with Gasteiger partial charge >= 0.3 is 0 Å². The average Bonchev–Trinajstić information content (AvgIpc) is 2.79. The molecule has 1 aromatic rings. The van der Waals surface area contributed by atoms with E-state index in [0.29, 0.717) is 12.2 Å². The molecule has 1 fully saturated rings. The molecule has 0 spiro atoms. The van der Waals surface area contributed by atoms with E-state index in [9.17, 15) is 14.7 Å². The molecule has 24 heavy (non-hydrogen) atoms. The van der Waals surface area contributed by atoms with Crippen LogP contribution in [-0.4, -0.2) is 46.0 Å². The minimum Gasteiger partial charge on any atom is -0.508 e. The molecule has 1 aromatic carbocycles. The lowest BCUT2D eigenvalue weighted by atomic mass is 9.98. The summed E-state index contributed by atoms with van der Waals surface area (Å²) in [4.78, 5) is 28.7. The molecule has 5 nitrogen and oxygen atoms in total. The Bertz CT molecular complexity index is 641. The van der Waals surface area contributed by atoms with Gasteiger partial charge in [-0.1, -0.05) is 27.7 Å². The van der Waals surface area contributed by atoms with Crippen LogP contribution in [0.2, 0.25) is 0 Å². The standard InChI is InChI=1S/C18H26N2O3S/c1-6-19(7-2)10-16-17(22)20(18(23)24-16)14-9-13(11(3)4)15(21)8-12(14)5/h8-9,11,16,21H,6-7,10H2,1-5H3. The van der Waals surface area contributed by atoms with E-state index < -0.39 is 0 Å². The summed E-state index contributed by atoms with van der Waals surface area (Å²) in [5.74, 6) is 0.148. The number of carbonyl (C=O) groups is 2. The number of phenols is 1. The molecule has 1 aliphatic heterocycles. The molecule has 0 aliphatic carbocycles. The highest BCUT2D eigenvalue weighted by molar-refractivity contribution is 8.15. The van der Waals surface area contributed by atoms with Crippen LogP contribution in [-0.2, 0) is 4.79 Å². The van der Waals surface area contributed by atoms with Crippen molar-refractivity contribution in [2.75, 3.05) is 24.5 Å². The van der Waals surface area contributed by atoms with Gasteiger partial charge in [-0.25, -0.2) is 4.90 Å². The third-order valence-electron chi connectivity index (χ3n) is 4.45. The van der Waals surface area contributed by atoms with Crippen LogP contribution in [0.5, 0.6) is 5.75 Å². The Labute approximate surface area is 148 Å². The summed E-state index contributed by atoms with van der Waals surface area (Å²) in [6, 6.07) is 3.40. The third-order valence-corrected chi connectivity index (χ3v) is 5.47. The average molecular weight is 350 g/mol. The van der Waals surface area contributed by atoms with Gasteiger partial charge in [0.2, 0.25) is 5.91 Å². The molecule has 132 valence electrons. The molecule has 1 atom stereocenters. The van der Waals surface area contributed by atoms with E-state index in [4.69, 9.17) is 0 Å². The SMILES string of the molecule is CCN(CC)CC1SC(=O)N(c2cc(C(C)C)c(O)cc2C)C1=O. The van der Waals surface area contributed by atoms with Gasteiger partial charge in [0.05, 0.1) is 5.69 Å². The van der Waals surface area contributed by atoms with E-state index in [1.807, 2.05) is 34.6 Å². The van der Waals surface area contributed by atoms with E-state index >= 15 is 0 Å². The summed E-state index contributed by atoms with van der Waals surface area (Å²) in [7, 11) is 0. The zero-order valence-corrected chi connectivity index (χ0v) is 15.8. The van der Waals surface area contributed by atoms with Crippen LogP contribution in [0.4, 0.5) is 10.5 Å². The Morgan fingerprint density at radius 2 is 1.88 bits per heavy atom. The van der Waals surface area contributed by atoms with Crippen molar-refractivity contribution in [3.05, 3.63) is 23.3 Å². The molecule has 1 aliphatic rings. The summed E-state index contributed by atoms with van der Waals surface area (Å²) < 4.78 is 0. The predicted molar refractivity (Wildman–Crippen MR) is 99.0 cm³/mol. The van der Waals surface area contributed by atoms with Crippen LogP contribution < -0.4 is 4.90 Å². The number of phenolic OH excluding ortho intramolecular Hbond substituents is 1. The number of amides is 2. The zero-order valence-electron chi connectivity index (χ0n) is 15.0. The van der Waals surface area contributed by atoms with Crippen LogP contribution in [0.3, 0.4) is 0 Å². The molecule has 1 N–H and O–H groups in total. The molecule has 0 bridgehead atoms. The van der Waals surface area contributed by atoms with E-state index in [1.54, 1.807) is 12.1 Å². The highest BCUT2D eigenvalue weighted by Gasteiger charge is 2.41. The summed E-state index contributed by atoms with van der Waals surface area (Å²) in [5.41, 5.74) is 2.05. The van der Waals surface area contributed by atoms with E-state index in [1.165, 1.54) is 4.90 Å². The first-order chi connectivity index (χ1) is 11.3. The summed E-state index contributed by atoms with van der Waals surface area (Å²) in [5, 5.41) is 9.49. The first kappa shape index (κ1) is 18.8. The molecule has 1 unspecified atom stereocenters. The van der Waals surface area contributed by atoms with Crippen molar-refractivity contribution in [3.63, 3.8) is 0 Å². The fourth-order valence-electron chi connectivity index (χ4n) is 2.91. The highest BCUT2D eigenvalue weighted by atomic mass is 32.2. The van der Waals surface area contributed by atoms with Crippen LogP contribution in [0, 0.1) is 6.92 Å². The van der Waals surface area contributed by atoms with Crippen molar-refractivity contribution < 1.29 is 14.7 Å². The molecular formula is C18H26N2O3S. The van der Waals surface area contributed by atoms with Gasteiger partial charge in [0.1, 0.15) is 11.0 Å². The second kappa shape index (κ2) is 7.57. The number of anilines is 1. The molecule has 1 heterocycles. The zero-order chi connectivity index (χ0) is 18.0. The van der Waals surface area contributed by atoms with Gasteiger partial charge in [-0.2, -0.15) is 0 Å². The Kier molecular flexibility index (Phi) is 5.93. The van der Waals surface area contributed by atoms with E-state index in [2.05, 4.69) is 4.90 Å². The van der Waals surface area contributed by atoms with Crippen molar-refractivity contribution in [1.29, 1.82) is 0 Å². The number of benzene rings is 1. The normalized spacial score (nSPS) is 18.3. The van der Waals surface area contributed by atoms with E-state index in [-0.39, 0.29) is 28.1 Å². The van der Waals surface area contributed by atoms with Gasteiger partial charge in [0.15, 0.2) is 0 Å². The van der Waals surface area contributed by atoms with Crippen molar-refractivity contribution in [2.45, 2.75) is 45.8 Å². The molecule has 0 aromatic heterocycles. The van der Waals surface area contributed by atoms with Gasteiger partial charge in [-0.05, 0) is 61.0 Å². The number of rotatable bonds is 6. The van der Waals surface area contributed by atoms with Gasteiger partial charge in [-0.15, -0.1) is 0 Å². The fraction of sp³-hybridized carbons (Fsp3) is 0.556. The minimum absolute atomic E-state index is 0.108. The van der Waals surface area contributed by atoms with Gasteiger partial charge in [0.25, 0.3) is 5.24 Å². The quantitative estimate of drug-likeness (QED) is 0.847. The number of thioether (sulfide) groups is 1. The Morgan fingerprint density at radius 3 is 2.42 bits per heavy atom. The largest absolute Gasteiger partial charge is 0.508 e. The van der Waals surface area contributed by atoms with Crippen LogP contribution in [0.25, 0.3) is 0 Å². The Hall–Kier alpha value is -1.53. The number of hydrogen-bond donors (Lipinski definition) is 1. The third kappa shape index (κ3) is 3.59. The first-order valence-electron chi connectivity index (χ1n) is 8.40. The lowest BCUT2D eigenvalue weighted by Gasteiger charge is -2.22. The molecule has 0 saturated carbocycles. The van der Waals surface area contributed by atoms with Crippen LogP contribution >= 0.6 is 11.8 Å². The number of carbonyl (C=O) groups excluding carboxylic acids is 2. The molecule has 0 radical (unpaired) electrons. The van der Waals surface area contributed by atoms with Gasteiger partial charge in [0, 0.05) is 6.54 Å². The first-order valence-corrected chi connectivity index (χ1v) is 9.28. The Morgan fingerprint density at radius 1 is 1.25 bits per heavy atom. The topological polar surface area (TPSA) is 60.9 Å². The molecule has 2 amide bonds. The predicted octanol–water partition coefficient (Wildman–Crippen LogP) is 3.73. The summed E-state index contributed by atoms with van der Waals surface area (Å²) >= 11 is 1.10. The van der Waals surface area contributed by atoms with Crippen molar-refractivity contribution in [1.82, 2.24) is 4.90 Å². The summed E-state index contributed by atoms with van der Waals surface area (Å²) in [6.45, 7) is 12.1. The summed E-state index contributed by atoms with van der Waals surface area (Å²) in [6.07, 6.45) is 0. The monoisotopic (exact) mass is 350 g/mol. The number of nitrogens with zero attached hydrogens (tertiary/aromatic N) is 2. The lowest BCUT2D eigenvalue weighted by Crippen LogP contribution is -2.38. The maximum atomic E-state index is 12.8. The van der Waals surface area contributed by atoms with E-state index in [0.717, 1.165) is 36.0 Å². The number of imide groups is 1. The number of aromatic hydroxyl groups is 1. The maximum absolute atomic E-state index is 12.8. The molecule has 2 rings (SSSR count). The Balaban J connectivity index is 2.34. The van der Waals surface area contributed by atoms with Crippen molar-refractivity contribution >= 4 is 28.6 Å². The smallest absolute Gasteiger partial charge is 0.293 e.